The average Bonchev–Trinajstić information content (AvgIpc) is 3.75. The minimum absolute atomic E-state index is 0.0248. The zero-order chi connectivity index (χ0) is 32.1. The number of nitrogens with two attached hydrogens (primary N) is 3. The second kappa shape index (κ2) is 12.2. The first kappa shape index (κ1) is 31.7. The Labute approximate surface area is 257 Å². The average molecular weight is 692 g/mol. The minimum atomic E-state index is -4.30. The van der Waals surface area contributed by atoms with E-state index in [4.69, 9.17) is 46.9 Å². The molecule has 4 aromatic heterocycles. The van der Waals surface area contributed by atoms with E-state index in [1.807, 2.05) is 0 Å². The Morgan fingerprint density at radius 3 is 2.49 bits per heavy atom. The molecule has 20 nitrogen and oxygen atoms in total. The molecule has 0 aliphatic carbocycles. The highest BCUT2D eigenvalue weighted by atomic mass is 32.5. The number of H-pyrrole nitrogens is 1. The number of hydrogen-bond donors (Lipinski definition) is 5. The van der Waals surface area contributed by atoms with Crippen molar-refractivity contribution < 1.29 is 40.4 Å². The zero-order valence-corrected chi connectivity index (χ0v) is 25.5. The SMILES string of the molecule is Nc1nc2c(ncn2[C@@H]2O[C@H](COS(N)(=O)=O)C[C@H]2OP(O)(=S)OC[C@@H]2C[C@@H](CF)[C@H](n3cnc4c(N)ncnc43)O2)c(=O)[nH]1. The molecule has 0 aromatic carbocycles. The molecule has 1 unspecified atom stereocenters. The summed E-state index contributed by atoms with van der Waals surface area (Å²) < 4.78 is 67.7. The first-order valence-corrected chi connectivity index (χ1v) is 17.2. The van der Waals surface area contributed by atoms with E-state index >= 15 is 0 Å². The number of fused-ring (bicyclic) bond motifs is 2. The van der Waals surface area contributed by atoms with Crippen molar-refractivity contribution in [2.75, 3.05) is 31.4 Å². The third kappa shape index (κ3) is 6.67. The summed E-state index contributed by atoms with van der Waals surface area (Å²) in [7, 11) is -4.30. The van der Waals surface area contributed by atoms with Crippen molar-refractivity contribution in [3.05, 3.63) is 29.3 Å². The Morgan fingerprint density at radius 2 is 1.76 bits per heavy atom. The number of alkyl halides is 1. The van der Waals surface area contributed by atoms with Gasteiger partial charge in [-0.3, -0.25) is 27.5 Å². The molecular weight excluding hydrogens is 664 g/mol. The number of nitrogen functional groups attached to an aromatic ring is 2. The van der Waals surface area contributed by atoms with Crippen LogP contribution in [0, 0.1) is 5.92 Å². The smallest absolute Gasteiger partial charge is 0.333 e. The van der Waals surface area contributed by atoms with Crippen LogP contribution in [-0.4, -0.2) is 90.5 Å². The fraction of sp³-hybridized carbons (Fsp3) is 0.524. The van der Waals surface area contributed by atoms with Gasteiger partial charge >= 0.3 is 17.0 Å². The van der Waals surface area contributed by atoms with E-state index in [-0.39, 0.29) is 42.4 Å². The van der Waals surface area contributed by atoms with Gasteiger partial charge in [-0.15, -0.1) is 0 Å². The van der Waals surface area contributed by atoms with Gasteiger partial charge in [0.05, 0.1) is 44.8 Å². The van der Waals surface area contributed by atoms with Gasteiger partial charge in [0.1, 0.15) is 24.2 Å². The van der Waals surface area contributed by atoms with Crippen molar-refractivity contribution in [1.82, 2.24) is 39.0 Å². The van der Waals surface area contributed by atoms with Gasteiger partial charge in [-0.25, -0.2) is 25.1 Å². The van der Waals surface area contributed by atoms with Gasteiger partial charge in [0.25, 0.3) is 5.56 Å². The van der Waals surface area contributed by atoms with Crippen LogP contribution in [0.5, 0.6) is 0 Å². The molecular formula is C21H27FN11O9PS2. The van der Waals surface area contributed by atoms with Gasteiger partial charge in [0, 0.05) is 12.3 Å². The normalized spacial score (nSPS) is 27.0. The number of aromatic amines is 1. The van der Waals surface area contributed by atoms with Crippen LogP contribution in [0.2, 0.25) is 0 Å². The fourth-order valence-electron chi connectivity index (χ4n) is 5.26. The fourth-order valence-corrected chi connectivity index (χ4v) is 7.06. The van der Waals surface area contributed by atoms with E-state index in [1.165, 1.54) is 23.5 Å². The highest BCUT2D eigenvalue weighted by Crippen LogP contribution is 2.50. The number of halogens is 1. The van der Waals surface area contributed by atoms with Crippen molar-refractivity contribution in [1.29, 1.82) is 0 Å². The van der Waals surface area contributed by atoms with Crippen LogP contribution in [-0.2, 0) is 44.8 Å². The van der Waals surface area contributed by atoms with E-state index in [2.05, 4.69) is 34.1 Å². The molecule has 0 radical (unpaired) electrons. The van der Waals surface area contributed by atoms with Crippen molar-refractivity contribution >= 4 is 62.9 Å². The molecule has 2 saturated heterocycles. The predicted octanol–water partition coefficient (Wildman–Crippen LogP) is -0.877. The van der Waals surface area contributed by atoms with Gasteiger partial charge in [-0.2, -0.15) is 13.4 Å². The molecule has 0 spiro atoms. The summed E-state index contributed by atoms with van der Waals surface area (Å²) in [4.78, 5) is 46.1. The highest BCUT2D eigenvalue weighted by Gasteiger charge is 2.43. The number of hydrogen-bond acceptors (Lipinski definition) is 16. The molecule has 6 rings (SSSR count). The van der Waals surface area contributed by atoms with Crippen LogP contribution in [0.15, 0.2) is 23.8 Å². The Hall–Kier alpha value is -3.25. The number of rotatable bonds is 11. The van der Waals surface area contributed by atoms with E-state index in [1.54, 1.807) is 4.57 Å². The molecule has 2 aliphatic heterocycles. The predicted molar refractivity (Wildman–Crippen MR) is 155 cm³/mol. The molecule has 0 saturated carbocycles. The molecule has 7 atom stereocenters. The molecule has 0 amide bonds. The monoisotopic (exact) mass is 691 g/mol. The first-order chi connectivity index (χ1) is 21.3. The highest BCUT2D eigenvalue weighted by molar-refractivity contribution is 8.07. The van der Waals surface area contributed by atoms with E-state index in [0.717, 1.165) is 0 Å². The van der Waals surface area contributed by atoms with Gasteiger partial charge in [0.15, 0.2) is 28.9 Å². The third-order valence-corrected chi connectivity index (χ3v) is 9.19. The maximum absolute atomic E-state index is 14.0. The van der Waals surface area contributed by atoms with Gasteiger partial charge < -0.3 is 34.9 Å². The van der Waals surface area contributed by atoms with Crippen molar-refractivity contribution in [2.24, 2.45) is 11.1 Å². The summed E-state index contributed by atoms with van der Waals surface area (Å²) in [5.41, 5.74) is 11.6. The number of ether oxygens (including phenoxy) is 2. The summed E-state index contributed by atoms with van der Waals surface area (Å²) in [6, 6.07) is 0. The van der Waals surface area contributed by atoms with Gasteiger partial charge in [0.2, 0.25) is 5.95 Å². The minimum Gasteiger partial charge on any atom is -0.382 e. The van der Waals surface area contributed by atoms with Crippen molar-refractivity contribution in [3.8, 4) is 0 Å². The lowest BCUT2D eigenvalue weighted by Crippen LogP contribution is -2.24. The Kier molecular flexibility index (Phi) is 8.58. The van der Waals surface area contributed by atoms with Crippen LogP contribution in [0.1, 0.15) is 25.3 Å². The number of nitrogens with zero attached hydrogens (tertiary/aromatic N) is 7. The summed E-state index contributed by atoms with van der Waals surface area (Å²) >= 11 is 5.27. The van der Waals surface area contributed by atoms with E-state index in [0.29, 0.717) is 11.2 Å². The Morgan fingerprint density at radius 1 is 1.07 bits per heavy atom. The van der Waals surface area contributed by atoms with Crippen LogP contribution >= 0.6 is 6.72 Å². The summed E-state index contributed by atoms with van der Waals surface area (Å²) in [6.45, 7) is -5.53. The summed E-state index contributed by atoms with van der Waals surface area (Å²) in [5, 5.41) is 4.94. The van der Waals surface area contributed by atoms with Gasteiger partial charge in [-0.05, 0) is 18.2 Å². The van der Waals surface area contributed by atoms with Crippen LogP contribution < -0.4 is 22.2 Å². The second-order valence-electron chi connectivity index (χ2n) is 10.2. The molecule has 6 heterocycles. The molecule has 2 aliphatic rings. The second-order valence-corrected chi connectivity index (χ2v) is 14.2. The lowest BCUT2D eigenvalue weighted by molar-refractivity contribution is -0.0482. The van der Waals surface area contributed by atoms with Crippen LogP contribution in [0.4, 0.5) is 16.2 Å². The Balaban J connectivity index is 1.17. The number of imidazole rings is 2. The molecule has 2 fully saturated rings. The van der Waals surface area contributed by atoms with Gasteiger partial charge in [-0.1, -0.05) is 0 Å². The maximum Gasteiger partial charge on any atom is 0.333 e. The number of aromatic nitrogens is 8. The quantitative estimate of drug-likeness (QED) is 0.119. The first-order valence-electron chi connectivity index (χ1n) is 13.2. The van der Waals surface area contributed by atoms with Crippen LogP contribution in [0.25, 0.3) is 22.3 Å². The lowest BCUT2D eigenvalue weighted by Gasteiger charge is -2.25. The van der Waals surface area contributed by atoms with Crippen LogP contribution in [0.3, 0.4) is 0 Å². The summed E-state index contributed by atoms with van der Waals surface area (Å²) in [5.74, 6) is -0.640. The largest absolute Gasteiger partial charge is 0.382 e. The molecule has 244 valence electrons. The molecule has 8 N–H and O–H groups in total. The number of anilines is 2. The maximum atomic E-state index is 14.0. The van der Waals surface area contributed by atoms with E-state index < -0.39 is 72.5 Å². The van der Waals surface area contributed by atoms with Crippen molar-refractivity contribution in [2.45, 2.75) is 43.6 Å². The zero-order valence-electron chi connectivity index (χ0n) is 22.9. The molecule has 4 aromatic rings. The topological polar surface area (TPSA) is 286 Å². The van der Waals surface area contributed by atoms with E-state index in [9.17, 15) is 22.5 Å². The lowest BCUT2D eigenvalue weighted by atomic mass is 10.1. The molecule has 24 heteroatoms. The Bertz CT molecular complexity index is 1940. The number of nitrogens with one attached hydrogen (secondary N) is 1. The molecule has 0 bridgehead atoms. The standard InChI is InChI=1S/C21H27FN11O9PS2/c22-3-9-1-10(40-19(9)32-7-28-13-15(23)26-6-27-16(13)32)4-38-43(35,44)42-12-2-11(5-39-45(25,36)37)41-20(12)33-8-29-14-17(33)30-21(24)31-18(14)34/h6-12,19-20H,1-5H2,(H,35,44)(H2,23,26,27)(H2,25,36,37)(H3,24,30,31,34)/t9-,10-,11-,12+,19+,20+,43?/m0/s1. The summed E-state index contributed by atoms with van der Waals surface area (Å²) in [6.07, 6.45) is -0.548. The van der Waals surface area contributed by atoms with Crippen molar-refractivity contribution in [3.63, 3.8) is 0 Å². The molecule has 45 heavy (non-hydrogen) atoms. The third-order valence-electron chi connectivity index (χ3n) is 7.14.